The lowest BCUT2D eigenvalue weighted by molar-refractivity contribution is 0.0697. The van der Waals surface area contributed by atoms with Gasteiger partial charge in [-0.25, -0.2) is 4.79 Å². The average molecular weight is 265 g/mol. The average Bonchev–Trinajstić information content (AvgIpc) is 2.90. The van der Waals surface area contributed by atoms with Crippen LogP contribution >= 0.6 is 0 Å². The van der Waals surface area contributed by atoms with E-state index < -0.39 is 5.97 Å². The smallest absolute Gasteiger partial charge is 0.335 e. The topological polar surface area (TPSA) is 53.1 Å². The molecule has 0 amide bonds. The molecule has 0 spiro atoms. The minimum atomic E-state index is -0.906. The lowest BCUT2D eigenvalue weighted by Gasteiger charge is -1.99. The summed E-state index contributed by atoms with van der Waals surface area (Å²) in [5, 5.41) is 10.2. The van der Waals surface area contributed by atoms with Crippen molar-refractivity contribution in [2.24, 2.45) is 0 Å². The number of aryl methyl sites for hydroxylation is 1. The number of aromatic carboxylic acids is 1. The van der Waals surface area contributed by atoms with Crippen molar-refractivity contribution in [3.8, 4) is 11.3 Å². The van der Waals surface area contributed by atoms with E-state index in [-0.39, 0.29) is 0 Å². The van der Waals surface area contributed by atoms with Crippen molar-refractivity contribution in [3.63, 3.8) is 0 Å². The molecule has 20 heavy (non-hydrogen) atoms. The number of carboxylic acids is 1. The highest BCUT2D eigenvalue weighted by atomic mass is 16.4. The zero-order valence-corrected chi connectivity index (χ0v) is 11.2. The van der Waals surface area contributed by atoms with Gasteiger partial charge in [0.2, 0.25) is 0 Å². The number of aromatic amines is 1. The first-order valence-electron chi connectivity index (χ1n) is 6.63. The molecule has 100 valence electrons. The molecular formula is C17H15NO2. The largest absolute Gasteiger partial charge is 0.478 e. The van der Waals surface area contributed by atoms with Crippen molar-refractivity contribution in [2.75, 3.05) is 0 Å². The van der Waals surface area contributed by atoms with E-state index in [2.05, 4.69) is 36.2 Å². The van der Waals surface area contributed by atoms with Gasteiger partial charge in [-0.15, -0.1) is 0 Å². The van der Waals surface area contributed by atoms with Gasteiger partial charge in [-0.05, 0) is 47.9 Å². The highest BCUT2D eigenvalue weighted by Gasteiger charge is 2.07. The Kier molecular flexibility index (Phi) is 3.03. The van der Waals surface area contributed by atoms with Crippen LogP contribution in [0.5, 0.6) is 0 Å². The first-order chi connectivity index (χ1) is 9.67. The van der Waals surface area contributed by atoms with Crippen LogP contribution in [-0.2, 0) is 6.42 Å². The van der Waals surface area contributed by atoms with E-state index in [9.17, 15) is 4.79 Å². The van der Waals surface area contributed by atoms with Gasteiger partial charge in [-0.3, -0.25) is 0 Å². The fourth-order valence-corrected chi connectivity index (χ4v) is 2.38. The first kappa shape index (κ1) is 12.5. The van der Waals surface area contributed by atoms with Crippen LogP contribution < -0.4 is 0 Å². The molecule has 0 aliphatic rings. The summed E-state index contributed by atoms with van der Waals surface area (Å²) in [6.45, 7) is 2.13. The van der Waals surface area contributed by atoms with Crippen LogP contribution in [0.1, 0.15) is 22.8 Å². The van der Waals surface area contributed by atoms with E-state index in [4.69, 9.17) is 5.11 Å². The van der Waals surface area contributed by atoms with Crippen molar-refractivity contribution in [2.45, 2.75) is 13.3 Å². The molecule has 1 heterocycles. The van der Waals surface area contributed by atoms with E-state index in [1.807, 2.05) is 6.07 Å². The number of aromatic nitrogens is 1. The zero-order valence-electron chi connectivity index (χ0n) is 11.2. The molecule has 0 saturated heterocycles. The summed E-state index contributed by atoms with van der Waals surface area (Å²) in [6, 6.07) is 15.4. The molecule has 0 unspecified atom stereocenters. The molecule has 3 rings (SSSR count). The maximum absolute atomic E-state index is 11.0. The number of fused-ring (bicyclic) bond motifs is 1. The summed E-state index contributed by atoms with van der Waals surface area (Å²) in [6.07, 6.45) is 1.00. The van der Waals surface area contributed by atoms with E-state index in [0.717, 1.165) is 28.6 Å². The van der Waals surface area contributed by atoms with Crippen LogP contribution in [-0.4, -0.2) is 16.1 Å². The molecular weight excluding hydrogens is 250 g/mol. The van der Waals surface area contributed by atoms with Crippen LogP contribution in [0.3, 0.4) is 0 Å². The van der Waals surface area contributed by atoms with E-state index in [0.29, 0.717) is 5.56 Å². The number of nitrogens with one attached hydrogen (secondary N) is 1. The molecule has 0 fully saturated rings. The highest BCUT2D eigenvalue weighted by Crippen LogP contribution is 2.25. The molecule has 0 bridgehead atoms. The van der Waals surface area contributed by atoms with Crippen LogP contribution in [0.25, 0.3) is 22.2 Å². The monoisotopic (exact) mass is 265 g/mol. The molecule has 0 radical (unpaired) electrons. The zero-order chi connectivity index (χ0) is 14.1. The Morgan fingerprint density at radius 1 is 1.15 bits per heavy atom. The second kappa shape index (κ2) is 4.85. The summed E-state index contributed by atoms with van der Waals surface area (Å²) in [7, 11) is 0. The number of H-pyrrole nitrogens is 1. The minimum Gasteiger partial charge on any atom is -0.478 e. The molecule has 2 N–H and O–H groups in total. The van der Waals surface area contributed by atoms with Crippen LogP contribution in [0.15, 0.2) is 48.5 Å². The second-order valence-electron chi connectivity index (χ2n) is 4.84. The highest BCUT2D eigenvalue weighted by molar-refractivity contribution is 5.91. The van der Waals surface area contributed by atoms with Crippen molar-refractivity contribution in [1.82, 2.24) is 4.98 Å². The number of carboxylic acid groups (broad SMARTS) is 1. The third kappa shape index (κ3) is 2.18. The third-order valence-corrected chi connectivity index (χ3v) is 3.51. The van der Waals surface area contributed by atoms with Gasteiger partial charge in [0.25, 0.3) is 0 Å². The Hall–Kier alpha value is -2.55. The van der Waals surface area contributed by atoms with Crippen molar-refractivity contribution in [1.29, 1.82) is 0 Å². The molecule has 3 nitrogen and oxygen atoms in total. The molecule has 3 aromatic rings. The van der Waals surface area contributed by atoms with Gasteiger partial charge in [0, 0.05) is 16.6 Å². The van der Waals surface area contributed by atoms with Gasteiger partial charge in [-0.2, -0.15) is 0 Å². The normalized spacial score (nSPS) is 10.8. The third-order valence-electron chi connectivity index (χ3n) is 3.51. The molecule has 1 aromatic heterocycles. The van der Waals surface area contributed by atoms with E-state index in [1.165, 1.54) is 5.56 Å². The van der Waals surface area contributed by atoms with Gasteiger partial charge in [0.05, 0.1) is 5.56 Å². The Morgan fingerprint density at radius 3 is 2.75 bits per heavy atom. The van der Waals surface area contributed by atoms with Gasteiger partial charge in [-0.1, -0.05) is 25.1 Å². The predicted octanol–water partition coefficient (Wildman–Crippen LogP) is 4.10. The fourth-order valence-electron chi connectivity index (χ4n) is 2.38. The van der Waals surface area contributed by atoms with Crippen LogP contribution in [0.4, 0.5) is 0 Å². The van der Waals surface area contributed by atoms with Gasteiger partial charge in [0.15, 0.2) is 0 Å². The van der Waals surface area contributed by atoms with E-state index >= 15 is 0 Å². The van der Waals surface area contributed by atoms with Gasteiger partial charge in [0.1, 0.15) is 0 Å². The van der Waals surface area contributed by atoms with Crippen molar-refractivity contribution in [3.05, 3.63) is 59.7 Å². The predicted molar refractivity (Wildman–Crippen MR) is 80.1 cm³/mol. The Labute approximate surface area is 116 Å². The van der Waals surface area contributed by atoms with Crippen LogP contribution in [0, 0.1) is 0 Å². The molecule has 2 aromatic carbocycles. The van der Waals surface area contributed by atoms with Gasteiger partial charge >= 0.3 is 5.97 Å². The lowest BCUT2D eigenvalue weighted by Crippen LogP contribution is -1.95. The molecule has 0 aliphatic heterocycles. The maximum Gasteiger partial charge on any atom is 0.335 e. The summed E-state index contributed by atoms with van der Waals surface area (Å²) in [5.41, 5.74) is 4.49. The SMILES string of the molecule is CCc1ccc2[nH]c(-c3cccc(C(=O)O)c3)cc2c1. The Morgan fingerprint density at radius 2 is 2.00 bits per heavy atom. The van der Waals surface area contributed by atoms with Crippen molar-refractivity contribution < 1.29 is 9.90 Å². The second-order valence-corrected chi connectivity index (χ2v) is 4.84. The first-order valence-corrected chi connectivity index (χ1v) is 6.63. The number of carbonyl (C=O) groups is 1. The number of benzene rings is 2. The van der Waals surface area contributed by atoms with Gasteiger partial charge < -0.3 is 10.1 Å². The number of rotatable bonds is 3. The lowest BCUT2D eigenvalue weighted by atomic mass is 10.1. The summed E-state index contributed by atoms with van der Waals surface area (Å²) >= 11 is 0. The summed E-state index contributed by atoms with van der Waals surface area (Å²) < 4.78 is 0. The number of hydrogen-bond acceptors (Lipinski definition) is 1. The minimum absolute atomic E-state index is 0.301. The van der Waals surface area contributed by atoms with Crippen molar-refractivity contribution >= 4 is 16.9 Å². The summed E-state index contributed by atoms with van der Waals surface area (Å²) in [5.74, 6) is -0.906. The quantitative estimate of drug-likeness (QED) is 0.749. The van der Waals surface area contributed by atoms with E-state index in [1.54, 1.807) is 18.2 Å². The molecule has 0 atom stereocenters. The standard InChI is InChI=1S/C17H15NO2/c1-2-11-6-7-15-14(8-11)10-16(18-15)12-4-3-5-13(9-12)17(19)20/h3-10,18H,2H2,1H3,(H,19,20). The van der Waals surface area contributed by atoms with Crippen LogP contribution in [0.2, 0.25) is 0 Å². The summed E-state index contributed by atoms with van der Waals surface area (Å²) in [4.78, 5) is 14.4. The maximum atomic E-state index is 11.0. The number of hydrogen-bond donors (Lipinski definition) is 2. The molecule has 3 heteroatoms. The Balaban J connectivity index is 2.10. The Bertz CT molecular complexity index is 787. The fraction of sp³-hybridized carbons (Fsp3) is 0.118. The molecule has 0 saturated carbocycles. The molecule has 0 aliphatic carbocycles.